The standard InChI is InChI=1S/C17H25FN2O3/c1-19-6-7-20(16-5-4-13(18)9-17(16)19)10-14(21)11-22-12-15-3-2-8-23-15/h4-5,9,14-15,21H,2-3,6-8,10-12H2,1H3/t14-,15+/m0/s1. The normalized spacial score (nSPS) is 22.3. The molecule has 2 aliphatic rings. The Morgan fingerprint density at radius 2 is 2.26 bits per heavy atom. The first kappa shape index (κ1) is 16.5. The Morgan fingerprint density at radius 1 is 1.39 bits per heavy atom. The van der Waals surface area contributed by atoms with E-state index in [2.05, 4.69) is 4.90 Å². The molecule has 2 atom stereocenters. The number of aliphatic hydroxyl groups is 1. The summed E-state index contributed by atoms with van der Waals surface area (Å²) < 4.78 is 24.5. The molecule has 1 N–H and O–H groups in total. The summed E-state index contributed by atoms with van der Waals surface area (Å²) in [7, 11) is 1.96. The second kappa shape index (κ2) is 7.47. The highest BCUT2D eigenvalue weighted by Gasteiger charge is 2.23. The molecule has 0 radical (unpaired) electrons. The SMILES string of the molecule is CN1CCN(C[C@H](O)COC[C@H]2CCCO2)c2ccc(F)cc21. The van der Waals surface area contributed by atoms with E-state index in [-0.39, 0.29) is 11.9 Å². The monoisotopic (exact) mass is 324 g/mol. The lowest BCUT2D eigenvalue weighted by molar-refractivity contribution is -0.0149. The Bertz CT molecular complexity index is 523. The number of aliphatic hydroxyl groups excluding tert-OH is 1. The van der Waals surface area contributed by atoms with Gasteiger partial charge in [-0.25, -0.2) is 4.39 Å². The lowest BCUT2D eigenvalue weighted by atomic mass is 10.1. The van der Waals surface area contributed by atoms with E-state index in [1.54, 1.807) is 12.1 Å². The number of hydrogen-bond acceptors (Lipinski definition) is 5. The van der Waals surface area contributed by atoms with E-state index in [1.165, 1.54) is 6.07 Å². The van der Waals surface area contributed by atoms with Crippen molar-refractivity contribution in [1.82, 2.24) is 0 Å². The van der Waals surface area contributed by atoms with Crippen LogP contribution in [0.15, 0.2) is 18.2 Å². The van der Waals surface area contributed by atoms with Gasteiger partial charge in [-0.05, 0) is 31.0 Å². The van der Waals surface area contributed by atoms with E-state index < -0.39 is 6.10 Å². The summed E-state index contributed by atoms with van der Waals surface area (Å²) in [4.78, 5) is 4.13. The fraction of sp³-hybridized carbons (Fsp3) is 0.647. The van der Waals surface area contributed by atoms with Gasteiger partial charge in [0, 0.05) is 33.3 Å². The molecule has 0 aliphatic carbocycles. The number of benzene rings is 1. The number of likely N-dealkylation sites (N-methyl/N-ethyl adjacent to an activating group) is 1. The van der Waals surface area contributed by atoms with Gasteiger partial charge >= 0.3 is 0 Å². The van der Waals surface area contributed by atoms with Gasteiger partial charge in [-0.3, -0.25) is 0 Å². The maximum absolute atomic E-state index is 13.4. The number of fused-ring (bicyclic) bond motifs is 1. The molecular formula is C17H25FN2O3. The zero-order chi connectivity index (χ0) is 16.2. The number of nitrogens with zero attached hydrogens (tertiary/aromatic N) is 2. The van der Waals surface area contributed by atoms with Crippen molar-refractivity contribution in [3.8, 4) is 0 Å². The molecule has 5 nitrogen and oxygen atoms in total. The number of halogens is 1. The molecular weight excluding hydrogens is 299 g/mol. The molecule has 1 saturated heterocycles. The highest BCUT2D eigenvalue weighted by molar-refractivity contribution is 5.73. The third kappa shape index (κ3) is 4.13. The molecule has 2 heterocycles. The van der Waals surface area contributed by atoms with Crippen LogP contribution in [0.4, 0.5) is 15.8 Å². The summed E-state index contributed by atoms with van der Waals surface area (Å²) >= 11 is 0. The van der Waals surface area contributed by atoms with Gasteiger partial charge < -0.3 is 24.4 Å². The molecule has 1 fully saturated rings. The smallest absolute Gasteiger partial charge is 0.125 e. The quantitative estimate of drug-likeness (QED) is 0.862. The molecule has 1 aromatic rings. The van der Waals surface area contributed by atoms with Crippen LogP contribution in [-0.4, -0.2) is 63.8 Å². The van der Waals surface area contributed by atoms with Gasteiger partial charge in [-0.1, -0.05) is 0 Å². The molecule has 6 heteroatoms. The van der Waals surface area contributed by atoms with Crippen LogP contribution in [0.1, 0.15) is 12.8 Å². The summed E-state index contributed by atoms with van der Waals surface area (Å²) in [6.45, 7) is 3.74. The van der Waals surface area contributed by atoms with E-state index in [1.807, 2.05) is 11.9 Å². The van der Waals surface area contributed by atoms with Crippen molar-refractivity contribution in [2.75, 3.05) is 56.3 Å². The van der Waals surface area contributed by atoms with E-state index in [4.69, 9.17) is 9.47 Å². The molecule has 2 aliphatic heterocycles. The lowest BCUT2D eigenvalue weighted by Crippen LogP contribution is -2.43. The zero-order valence-electron chi connectivity index (χ0n) is 13.6. The van der Waals surface area contributed by atoms with Crippen molar-refractivity contribution in [1.29, 1.82) is 0 Å². The van der Waals surface area contributed by atoms with Crippen LogP contribution >= 0.6 is 0 Å². The van der Waals surface area contributed by atoms with Crippen molar-refractivity contribution < 1.29 is 19.0 Å². The summed E-state index contributed by atoms with van der Waals surface area (Å²) in [5.41, 5.74) is 1.82. The lowest BCUT2D eigenvalue weighted by Gasteiger charge is -2.38. The van der Waals surface area contributed by atoms with Gasteiger partial charge in [-0.15, -0.1) is 0 Å². The van der Waals surface area contributed by atoms with Crippen molar-refractivity contribution in [2.24, 2.45) is 0 Å². The largest absolute Gasteiger partial charge is 0.389 e. The molecule has 0 unspecified atom stereocenters. The van der Waals surface area contributed by atoms with Crippen LogP contribution in [0.25, 0.3) is 0 Å². The number of ether oxygens (including phenoxy) is 2. The minimum Gasteiger partial charge on any atom is -0.389 e. The molecule has 0 bridgehead atoms. The molecule has 0 aromatic heterocycles. The van der Waals surface area contributed by atoms with Crippen LogP contribution in [0, 0.1) is 5.82 Å². The Balaban J connectivity index is 1.52. The maximum Gasteiger partial charge on any atom is 0.125 e. The Hall–Kier alpha value is -1.37. The molecule has 1 aromatic carbocycles. The van der Waals surface area contributed by atoms with Gasteiger partial charge in [0.1, 0.15) is 5.82 Å². The maximum atomic E-state index is 13.4. The minimum atomic E-state index is -0.572. The van der Waals surface area contributed by atoms with Crippen molar-refractivity contribution in [2.45, 2.75) is 25.0 Å². The highest BCUT2D eigenvalue weighted by atomic mass is 19.1. The van der Waals surface area contributed by atoms with E-state index in [0.29, 0.717) is 19.8 Å². The average Bonchev–Trinajstić information content (AvgIpc) is 3.04. The summed E-state index contributed by atoms with van der Waals surface area (Å²) in [5, 5.41) is 10.2. The number of rotatable bonds is 6. The summed E-state index contributed by atoms with van der Waals surface area (Å²) in [6, 6.07) is 4.79. The minimum absolute atomic E-state index is 0.175. The van der Waals surface area contributed by atoms with Crippen LogP contribution in [0.3, 0.4) is 0 Å². The fourth-order valence-corrected chi connectivity index (χ4v) is 3.19. The Labute approximate surface area is 136 Å². The fourth-order valence-electron chi connectivity index (χ4n) is 3.19. The van der Waals surface area contributed by atoms with Crippen LogP contribution in [-0.2, 0) is 9.47 Å². The van der Waals surface area contributed by atoms with Gasteiger partial charge in [0.05, 0.1) is 36.8 Å². The van der Waals surface area contributed by atoms with Gasteiger partial charge in [-0.2, -0.15) is 0 Å². The second-order valence-corrected chi connectivity index (χ2v) is 6.33. The Morgan fingerprint density at radius 3 is 3.04 bits per heavy atom. The van der Waals surface area contributed by atoms with E-state index in [9.17, 15) is 9.50 Å². The first-order chi connectivity index (χ1) is 11.1. The summed E-state index contributed by atoms with van der Waals surface area (Å²) in [5.74, 6) is -0.238. The Kier molecular flexibility index (Phi) is 5.35. The van der Waals surface area contributed by atoms with Gasteiger partial charge in [0.15, 0.2) is 0 Å². The molecule has 0 amide bonds. The molecule has 128 valence electrons. The molecule has 23 heavy (non-hydrogen) atoms. The van der Waals surface area contributed by atoms with Crippen LogP contribution in [0.2, 0.25) is 0 Å². The first-order valence-corrected chi connectivity index (χ1v) is 8.26. The number of β-amino-alcohol motifs (C(OH)–C–C–N with tert-alkyl or cyclic N) is 1. The third-order valence-electron chi connectivity index (χ3n) is 4.46. The number of anilines is 2. The van der Waals surface area contributed by atoms with Gasteiger partial charge in [0.25, 0.3) is 0 Å². The average molecular weight is 324 g/mol. The van der Waals surface area contributed by atoms with Crippen molar-refractivity contribution >= 4 is 11.4 Å². The number of hydrogen-bond donors (Lipinski definition) is 1. The van der Waals surface area contributed by atoms with Gasteiger partial charge in [0.2, 0.25) is 0 Å². The first-order valence-electron chi connectivity index (χ1n) is 8.26. The van der Waals surface area contributed by atoms with Crippen LogP contribution < -0.4 is 9.80 Å². The summed E-state index contributed by atoms with van der Waals surface area (Å²) in [6.07, 6.45) is 1.73. The van der Waals surface area contributed by atoms with Crippen LogP contribution in [0.5, 0.6) is 0 Å². The zero-order valence-corrected chi connectivity index (χ0v) is 13.6. The van der Waals surface area contributed by atoms with E-state index >= 15 is 0 Å². The topological polar surface area (TPSA) is 45.2 Å². The highest BCUT2D eigenvalue weighted by Crippen LogP contribution is 2.32. The molecule has 0 saturated carbocycles. The molecule has 0 spiro atoms. The predicted octanol–water partition coefficient (Wildman–Crippen LogP) is 1.64. The third-order valence-corrected chi connectivity index (χ3v) is 4.46. The van der Waals surface area contributed by atoms with Crippen molar-refractivity contribution in [3.63, 3.8) is 0 Å². The predicted molar refractivity (Wildman–Crippen MR) is 87.7 cm³/mol. The van der Waals surface area contributed by atoms with Crippen molar-refractivity contribution in [3.05, 3.63) is 24.0 Å². The van der Waals surface area contributed by atoms with E-state index in [0.717, 1.165) is 43.9 Å². The molecule has 3 rings (SSSR count). The second-order valence-electron chi connectivity index (χ2n) is 6.33.